The number of alkyl halides is 3. The fourth-order valence-electron chi connectivity index (χ4n) is 1.98. The molecule has 2 aromatic rings. The smallest absolute Gasteiger partial charge is 0.237 e. The summed E-state index contributed by atoms with van der Waals surface area (Å²) in [7, 11) is 0. The molecule has 0 saturated heterocycles. The van der Waals surface area contributed by atoms with Crippen LogP contribution in [0.25, 0.3) is 6.08 Å². The molecule has 0 unspecified atom stereocenters. The van der Waals surface area contributed by atoms with Gasteiger partial charge < -0.3 is 0 Å². The molecular formula is C17H22F3N2+. The first kappa shape index (κ1) is 18.0. The predicted molar refractivity (Wildman–Crippen MR) is 82.3 cm³/mol. The molecule has 2 nitrogen and oxygen atoms in total. The Hall–Kier alpha value is -2.04. The number of nitrogens with zero attached hydrogens (tertiary/aromatic N) is 2. The average molecular weight is 311 g/mol. The normalized spacial score (nSPS) is 10.2. The van der Waals surface area contributed by atoms with Crippen LogP contribution in [0.15, 0.2) is 49.6 Å². The highest BCUT2D eigenvalue weighted by molar-refractivity contribution is 5.47. The first-order valence-corrected chi connectivity index (χ1v) is 7.23. The van der Waals surface area contributed by atoms with E-state index in [2.05, 4.69) is 65.6 Å². The van der Waals surface area contributed by atoms with Crippen LogP contribution in [0.1, 0.15) is 30.9 Å². The molecule has 1 aromatic carbocycles. The predicted octanol–water partition coefficient (Wildman–Crippen LogP) is 4.45. The molecular weight excluding hydrogens is 289 g/mol. The molecule has 0 amide bonds. The van der Waals surface area contributed by atoms with Gasteiger partial charge in [-0.1, -0.05) is 50.3 Å². The van der Waals surface area contributed by atoms with Gasteiger partial charge in [-0.25, -0.2) is 9.13 Å². The molecule has 0 fully saturated rings. The maximum Gasteiger partial charge on any atom is 0.379 e. The van der Waals surface area contributed by atoms with E-state index in [-0.39, 0.29) is 0 Å². The SMILES string of the molecule is C=Cc1ccc(C[n+]2ccn(CCCC)c2)cc1.FC(F)F. The zero-order valence-electron chi connectivity index (χ0n) is 12.8. The molecule has 5 heteroatoms. The van der Waals surface area contributed by atoms with E-state index in [0.717, 1.165) is 13.1 Å². The second-order valence-electron chi connectivity index (χ2n) is 4.87. The van der Waals surface area contributed by atoms with E-state index < -0.39 is 6.68 Å². The zero-order chi connectivity index (χ0) is 16.4. The molecule has 1 heterocycles. The number of benzene rings is 1. The summed E-state index contributed by atoms with van der Waals surface area (Å²) in [6.45, 7) is 4.36. The molecule has 0 atom stereocenters. The Morgan fingerprint density at radius 1 is 1.23 bits per heavy atom. The van der Waals surface area contributed by atoms with Crippen molar-refractivity contribution in [2.45, 2.75) is 39.5 Å². The van der Waals surface area contributed by atoms with E-state index in [1.807, 2.05) is 6.08 Å². The third-order valence-electron chi connectivity index (χ3n) is 3.10. The van der Waals surface area contributed by atoms with Crippen molar-refractivity contribution in [3.05, 3.63) is 60.7 Å². The van der Waals surface area contributed by atoms with Crippen LogP contribution in [0.2, 0.25) is 0 Å². The summed E-state index contributed by atoms with van der Waals surface area (Å²) in [6, 6.07) is 8.54. The van der Waals surface area contributed by atoms with Crippen molar-refractivity contribution in [2.75, 3.05) is 0 Å². The highest BCUT2D eigenvalue weighted by atomic mass is 19.4. The lowest BCUT2D eigenvalue weighted by Crippen LogP contribution is -2.31. The quantitative estimate of drug-likeness (QED) is 0.697. The first-order chi connectivity index (χ1) is 10.5. The van der Waals surface area contributed by atoms with Crippen LogP contribution in [0, 0.1) is 0 Å². The van der Waals surface area contributed by atoms with Crippen molar-refractivity contribution in [3.8, 4) is 0 Å². The third-order valence-corrected chi connectivity index (χ3v) is 3.10. The standard InChI is InChI=1S/C16H21N2.CHF3/c1-3-5-10-17-11-12-18(14-17)13-16-8-6-15(4-2)7-9-16;2-1(3)4/h4,6-9,11-12,14H,2-3,5,10,13H2,1H3;1H/q+1;. The van der Waals surface area contributed by atoms with Gasteiger partial charge in [0, 0.05) is 0 Å². The van der Waals surface area contributed by atoms with Crippen LogP contribution in [0.3, 0.4) is 0 Å². The summed E-state index contributed by atoms with van der Waals surface area (Å²) in [5.41, 5.74) is 2.49. The van der Waals surface area contributed by atoms with Gasteiger partial charge in [0.05, 0.1) is 6.54 Å². The summed E-state index contributed by atoms with van der Waals surface area (Å²) in [4.78, 5) is 0. The lowest BCUT2D eigenvalue weighted by Gasteiger charge is -1.99. The second kappa shape index (κ2) is 9.82. The van der Waals surface area contributed by atoms with Gasteiger partial charge in [0.25, 0.3) is 0 Å². The molecule has 0 saturated carbocycles. The van der Waals surface area contributed by atoms with E-state index in [1.165, 1.54) is 24.0 Å². The van der Waals surface area contributed by atoms with E-state index in [0.29, 0.717) is 0 Å². The Bertz CT molecular complexity index is 545. The van der Waals surface area contributed by atoms with E-state index in [1.54, 1.807) is 0 Å². The molecule has 0 radical (unpaired) electrons. The zero-order valence-corrected chi connectivity index (χ0v) is 12.8. The topological polar surface area (TPSA) is 8.81 Å². The highest BCUT2D eigenvalue weighted by Gasteiger charge is 2.04. The summed E-state index contributed by atoms with van der Waals surface area (Å²) in [5, 5.41) is 0. The molecule has 1 aromatic heterocycles. The van der Waals surface area contributed by atoms with Gasteiger partial charge in [0.2, 0.25) is 6.33 Å². The summed E-state index contributed by atoms with van der Waals surface area (Å²) in [6.07, 6.45) is 10.8. The molecule has 0 bridgehead atoms. The minimum atomic E-state index is -3.67. The van der Waals surface area contributed by atoms with Crippen molar-refractivity contribution >= 4 is 6.08 Å². The van der Waals surface area contributed by atoms with Gasteiger partial charge >= 0.3 is 6.68 Å². The number of imidazole rings is 1. The number of halogens is 3. The summed E-state index contributed by atoms with van der Waals surface area (Å²) in [5.74, 6) is 0. The van der Waals surface area contributed by atoms with Crippen molar-refractivity contribution < 1.29 is 17.7 Å². The number of aromatic nitrogens is 2. The number of hydrogen-bond donors (Lipinski definition) is 0. The summed E-state index contributed by atoms with van der Waals surface area (Å²) < 4.78 is 33.5. The van der Waals surface area contributed by atoms with Crippen LogP contribution < -0.4 is 4.57 Å². The Morgan fingerprint density at radius 2 is 1.86 bits per heavy atom. The van der Waals surface area contributed by atoms with Gasteiger partial charge in [-0.05, 0) is 17.5 Å². The maximum absolute atomic E-state index is 9.67. The third kappa shape index (κ3) is 7.11. The Balaban J connectivity index is 0.000000541. The highest BCUT2D eigenvalue weighted by Crippen LogP contribution is 2.05. The number of hydrogen-bond acceptors (Lipinski definition) is 0. The minimum absolute atomic E-state index is 0.927. The largest absolute Gasteiger partial charge is 0.379 e. The van der Waals surface area contributed by atoms with Crippen LogP contribution >= 0.6 is 0 Å². The van der Waals surface area contributed by atoms with E-state index >= 15 is 0 Å². The lowest BCUT2D eigenvalue weighted by atomic mass is 10.1. The Labute approximate surface area is 129 Å². The summed E-state index contributed by atoms with van der Waals surface area (Å²) >= 11 is 0. The van der Waals surface area contributed by atoms with Gasteiger partial charge in [-0.3, -0.25) is 0 Å². The average Bonchev–Trinajstić information content (AvgIpc) is 2.93. The van der Waals surface area contributed by atoms with Gasteiger partial charge in [0.15, 0.2) is 0 Å². The fourth-order valence-corrected chi connectivity index (χ4v) is 1.98. The minimum Gasteiger partial charge on any atom is -0.237 e. The number of unbranched alkanes of at least 4 members (excludes halogenated alkanes) is 1. The fraction of sp³-hybridized carbons (Fsp3) is 0.353. The molecule has 0 N–H and O–H groups in total. The molecule has 2 rings (SSSR count). The van der Waals surface area contributed by atoms with Crippen LogP contribution in [0.4, 0.5) is 13.2 Å². The lowest BCUT2D eigenvalue weighted by molar-refractivity contribution is -0.687. The van der Waals surface area contributed by atoms with Crippen molar-refractivity contribution in [1.82, 2.24) is 4.57 Å². The van der Waals surface area contributed by atoms with Crippen LogP contribution in [0.5, 0.6) is 0 Å². The van der Waals surface area contributed by atoms with Crippen molar-refractivity contribution in [1.29, 1.82) is 0 Å². The van der Waals surface area contributed by atoms with E-state index in [9.17, 15) is 13.2 Å². The second-order valence-corrected chi connectivity index (χ2v) is 4.87. The molecule has 0 aliphatic rings. The molecule has 22 heavy (non-hydrogen) atoms. The van der Waals surface area contributed by atoms with Crippen LogP contribution in [-0.2, 0) is 13.1 Å². The van der Waals surface area contributed by atoms with Gasteiger partial charge in [0.1, 0.15) is 18.9 Å². The molecule has 0 aliphatic heterocycles. The monoisotopic (exact) mass is 311 g/mol. The van der Waals surface area contributed by atoms with Crippen molar-refractivity contribution in [2.24, 2.45) is 0 Å². The number of aryl methyl sites for hydroxylation is 1. The number of rotatable bonds is 6. The molecule has 0 aliphatic carbocycles. The van der Waals surface area contributed by atoms with E-state index in [4.69, 9.17) is 0 Å². The van der Waals surface area contributed by atoms with Crippen molar-refractivity contribution in [3.63, 3.8) is 0 Å². The Kier molecular flexibility index (Phi) is 8.04. The Morgan fingerprint density at radius 3 is 2.41 bits per heavy atom. The van der Waals surface area contributed by atoms with Gasteiger partial charge in [-0.15, -0.1) is 0 Å². The van der Waals surface area contributed by atoms with Crippen LogP contribution in [-0.4, -0.2) is 11.2 Å². The molecule has 120 valence electrons. The first-order valence-electron chi connectivity index (χ1n) is 7.23. The molecule has 0 spiro atoms. The maximum atomic E-state index is 9.67. The van der Waals surface area contributed by atoms with Gasteiger partial charge in [-0.2, -0.15) is 13.2 Å².